The average molecular weight is 321 g/mol. The third-order valence-corrected chi connectivity index (χ3v) is 3.77. The van der Waals surface area contributed by atoms with Gasteiger partial charge in [0, 0.05) is 0 Å². The van der Waals surface area contributed by atoms with Gasteiger partial charge in [-0.15, -0.1) is 5.10 Å². The molecule has 8 nitrogen and oxygen atoms in total. The fourth-order valence-corrected chi connectivity index (χ4v) is 2.53. The molecule has 2 amide bonds. The molecule has 1 aromatic carbocycles. The Balaban J connectivity index is 2.14. The van der Waals surface area contributed by atoms with Gasteiger partial charge in [0.2, 0.25) is 5.17 Å². The second-order valence-electron chi connectivity index (χ2n) is 4.27. The van der Waals surface area contributed by atoms with Gasteiger partial charge >= 0.3 is 12.1 Å². The van der Waals surface area contributed by atoms with Crippen LogP contribution in [-0.2, 0) is 4.79 Å². The molecule has 2 rings (SSSR count). The first kappa shape index (κ1) is 15.7. The van der Waals surface area contributed by atoms with Crippen molar-refractivity contribution in [2.24, 2.45) is 10.2 Å². The van der Waals surface area contributed by atoms with Crippen molar-refractivity contribution in [1.29, 1.82) is 0 Å². The molecule has 114 valence electrons. The van der Waals surface area contributed by atoms with Crippen molar-refractivity contribution in [3.8, 4) is 0 Å². The van der Waals surface area contributed by atoms with Gasteiger partial charge in [0.05, 0.1) is 17.0 Å². The van der Waals surface area contributed by atoms with Crippen LogP contribution < -0.4 is 0 Å². The number of hydrogen-bond donors (Lipinski definition) is 2. The minimum absolute atomic E-state index is 0.0107. The Labute approximate surface area is 129 Å². The first-order valence-electron chi connectivity index (χ1n) is 6.08. The summed E-state index contributed by atoms with van der Waals surface area (Å²) in [6.07, 6.45) is -0.0613. The van der Waals surface area contributed by atoms with E-state index in [2.05, 4.69) is 10.2 Å². The Morgan fingerprint density at radius 2 is 1.91 bits per heavy atom. The number of carboxylic acid groups (broad SMARTS) is 2. The van der Waals surface area contributed by atoms with Crippen molar-refractivity contribution in [3.63, 3.8) is 0 Å². The van der Waals surface area contributed by atoms with Crippen LogP contribution in [0.15, 0.2) is 34.5 Å². The number of carbonyl (C=O) groups is 3. The highest BCUT2D eigenvalue weighted by atomic mass is 32.2. The Kier molecular flexibility index (Phi) is 4.56. The van der Waals surface area contributed by atoms with Gasteiger partial charge < -0.3 is 10.2 Å². The highest BCUT2D eigenvalue weighted by molar-refractivity contribution is 8.15. The number of hydrogen-bond acceptors (Lipinski definition) is 6. The molecule has 22 heavy (non-hydrogen) atoms. The van der Waals surface area contributed by atoms with Gasteiger partial charge in [-0.1, -0.05) is 23.9 Å². The fourth-order valence-electron chi connectivity index (χ4n) is 1.64. The molecule has 0 aromatic heterocycles. The third-order valence-electron chi connectivity index (χ3n) is 2.74. The van der Waals surface area contributed by atoms with E-state index < -0.39 is 23.2 Å². The number of thioether (sulfide) groups is 1. The largest absolute Gasteiger partial charge is 0.478 e. The number of amidine groups is 1. The maximum atomic E-state index is 11.6. The number of imide groups is 1. The van der Waals surface area contributed by atoms with Crippen LogP contribution in [0.2, 0.25) is 0 Å². The highest BCUT2D eigenvalue weighted by Gasteiger charge is 2.39. The molecular formula is C13H11N3O5S. The summed E-state index contributed by atoms with van der Waals surface area (Å²) in [5.41, 5.74) is 0.741. The Morgan fingerprint density at radius 3 is 2.45 bits per heavy atom. The van der Waals surface area contributed by atoms with E-state index in [0.717, 1.165) is 11.8 Å². The summed E-state index contributed by atoms with van der Waals surface area (Å²) in [7, 11) is 0. The Hall–Kier alpha value is -2.68. The second kappa shape index (κ2) is 6.39. The summed E-state index contributed by atoms with van der Waals surface area (Å²) in [6, 6.07) is 5.90. The molecule has 0 spiro atoms. The molecule has 1 saturated heterocycles. The predicted molar refractivity (Wildman–Crippen MR) is 80.4 cm³/mol. The van der Waals surface area contributed by atoms with Crippen LogP contribution in [0.5, 0.6) is 0 Å². The molecule has 1 atom stereocenters. The molecule has 9 heteroatoms. The Morgan fingerprint density at radius 1 is 1.27 bits per heavy atom. The fraction of sp³-hybridized carbons (Fsp3) is 0.154. The Bertz CT molecular complexity index is 683. The van der Waals surface area contributed by atoms with Crippen LogP contribution >= 0.6 is 11.8 Å². The summed E-state index contributed by atoms with van der Waals surface area (Å²) in [6.45, 7) is 1.58. The lowest BCUT2D eigenvalue weighted by atomic mass is 10.1. The SMILES string of the molecule is CC1SC(=NN=Cc2ccc(C(=O)O)cc2)N(C(=O)O)C1=O. The van der Waals surface area contributed by atoms with E-state index in [9.17, 15) is 14.4 Å². The highest BCUT2D eigenvalue weighted by Crippen LogP contribution is 2.26. The van der Waals surface area contributed by atoms with Gasteiger partial charge in [0.1, 0.15) is 0 Å². The molecule has 2 N–H and O–H groups in total. The molecule has 0 radical (unpaired) electrons. The second-order valence-corrected chi connectivity index (χ2v) is 5.58. The smallest absolute Gasteiger partial charge is 0.420 e. The van der Waals surface area contributed by atoms with Crippen molar-refractivity contribution < 1.29 is 24.6 Å². The number of carboxylic acids is 1. The minimum Gasteiger partial charge on any atom is -0.478 e. The molecule has 1 unspecified atom stereocenters. The number of rotatable bonds is 3. The zero-order chi connectivity index (χ0) is 16.3. The maximum Gasteiger partial charge on any atom is 0.420 e. The van der Waals surface area contributed by atoms with Gasteiger partial charge in [-0.2, -0.15) is 10.0 Å². The molecule has 0 aliphatic carbocycles. The normalized spacial score (nSPS) is 20.0. The van der Waals surface area contributed by atoms with Gasteiger partial charge in [0.25, 0.3) is 5.91 Å². The van der Waals surface area contributed by atoms with Crippen molar-refractivity contribution in [2.45, 2.75) is 12.2 Å². The van der Waals surface area contributed by atoms with Crippen molar-refractivity contribution in [3.05, 3.63) is 35.4 Å². The van der Waals surface area contributed by atoms with Crippen molar-refractivity contribution in [1.82, 2.24) is 4.90 Å². The maximum absolute atomic E-state index is 11.6. The van der Waals surface area contributed by atoms with E-state index in [1.54, 1.807) is 6.92 Å². The molecule has 1 aromatic rings. The summed E-state index contributed by atoms with van der Waals surface area (Å²) in [5, 5.41) is 24.7. The number of amides is 2. The molecule has 0 bridgehead atoms. The van der Waals surface area contributed by atoms with Gasteiger partial charge in [-0.3, -0.25) is 4.79 Å². The topological polar surface area (TPSA) is 120 Å². The van der Waals surface area contributed by atoms with Crippen LogP contribution in [0.1, 0.15) is 22.8 Å². The summed E-state index contributed by atoms with van der Waals surface area (Å²) < 4.78 is 0. The quantitative estimate of drug-likeness (QED) is 0.646. The van der Waals surface area contributed by atoms with Crippen LogP contribution in [-0.4, -0.2) is 49.7 Å². The van der Waals surface area contributed by atoms with E-state index in [-0.39, 0.29) is 10.7 Å². The molecule has 0 saturated carbocycles. The number of carbonyl (C=O) groups excluding carboxylic acids is 1. The van der Waals surface area contributed by atoms with Gasteiger partial charge in [-0.25, -0.2) is 9.59 Å². The first-order chi connectivity index (χ1) is 10.4. The van der Waals surface area contributed by atoms with Crippen molar-refractivity contribution >= 4 is 41.1 Å². The van der Waals surface area contributed by atoms with Gasteiger partial charge in [0.15, 0.2) is 0 Å². The standard InChI is InChI=1S/C13H11N3O5S/c1-7-10(17)16(13(20)21)12(22-7)15-14-6-8-2-4-9(5-3-8)11(18)19/h2-7H,1H3,(H,18,19)(H,20,21). The number of benzene rings is 1. The first-order valence-corrected chi connectivity index (χ1v) is 6.96. The van der Waals surface area contributed by atoms with E-state index >= 15 is 0 Å². The van der Waals surface area contributed by atoms with Crippen LogP contribution in [0, 0.1) is 0 Å². The summed E-state index contributed by atoms with van der Waals surface area (Å²) in [4.78, 5) is 33.9. The molecule has 1 aliphatic heterocycles. The summed E-state index contributed by atoms with van der Waals surface area (Å²) >= 11 is 1.01. The molecule has 1 heterocycles. The zero-order valence-electron chi connectivity index (χ0n) is 11.3. The van der Waals surface area contributed by atoms with Crippen molar-refractivity contribution in [2.75, 3.05) is 0 Å². The van der Waals surface area contributed by atoms with Gasteiger partial charge in [-0.05, 0) is 24.6 Å². The lowest BCUT2D eigenvalue weighted by Crippen LogP contribution is -2.35. The lowest BCUT2D eigenvalue weighted by Gasteiger charge is -2.07. The molecular weight excluding hydrogens is 310 g/mol. The van der Waals surface area contributed by atoms with Crippen LogP contribution in [0.3, 0.4) is 0 Å². The monoisotopic (exact) mass is 321 g/mol. The molecule has 1 fully saturated rings. The van der Waals surface area contributed by atoms with E-state index in [1.807, 2.05) is 0 Å². The van der Waals surface area contributed by atoms with Crippen LogP contribution in [0.4, 0.5) is 4.79 Å². The predicted octanol–water partition coefficient (Wildman–Crippen LogP) is 1.72. The molecule has 1 aliphatic rings. The van der Waals surface area contributed by atoms with E-state index in [4.69, 9.17) is 10.2 Å². The third kappa shape index (κ3) is 3.31. The van der Waals surface area contributed by atoms with E-state index in [0.29, 0.717) is 10.5 Å². The average Bonchev–Trinajstić information content (AvgIpc) is 2.74. The number of nitrogens with zero attached hydrogens (tertiary/aromatic N) is 3. The minimum atomic E-state index is -1.40. The lowest BCUT2D eigenvalue weighted by molar-refractivity contribution is -0.124. The number of aromatic carboxylic acids is 1. The summed E-state index contributed by atoms with van der Waals surface area (Å²) in [5.74, 6) is -1.59. The van der Waals surface area contributed by atoms with E-state index in [1.165, 1.54) is 30.5 Å². The van der Waals surface area contributed by atoms with Crippen LogP contribution in [0.25, 0.3) is 0 Å². The zero-order valence-corrected chi connectivity index (χ0v) is 12.1.